The fraction of sp³-hybridized carbons (Fsp3) is 0.409. The molecule has 1 heterocycles. The number of phenolic OH excluding ortho intramolecular Hbond substituents is 1. The first-order valence-electron chi connectivity index (χ1n) is 9.43. The van der Waals surface area contributed by atoms with Crippen molar-refractivity contribution < 1.29 is 9.90 Å². The molecule has 0 aromatic heterocycles. The largest absolute Gasteiger partial charge is 0.508 e. The maximum absolute atomic E-state index is 13.1. The maximum atomic E-state index is 13.1. The van der Waals surface area contributed by atoms with Crippen LogP contribution >= 0.6 is 11.6 Å². The van der Waals surface area contributed by atoms with Gasteiger partial charge in [0.25, 0.3) is 0 Å². The molecule has 0 saturated carbocycles. The predicted octanol–water partition coefficient (Wildman–Crippen LogP) is 4.12. The number of nitrogens with zero attached hydrogens (tertiary/aromatic N) is 2. The summed E-state index contributed by atoms with van der Waals surface area (Å²) in [4.78, 5) is 17.3. The van der Waals surface area contributed by atoms with Gasteiger partial charge in [-0.15, -0.1) is 0 Å². The quantitative estimate of drug-likeness (QED) is 0.840. The number of benzene rings is 2. The summed E-state index contributed by atoms with van der Waals surface area (Å²) >= 11 is 6.44. The number of hydrogen-bond donors (Lipinski definition) is 1. The number of amides is 1. The zero-order valence-electron chi connectivity index (χ0n) is 15.9. The van der Waals surface area contributed by atoms with E-state index in [2.05, 4.69) is 11.9 Å². The Morgan fingerprint density at radius 2 is 1.93 bits per heavy atom. The molecule has 1 amide bonds. The normalized spacial score (nSPS) is 16.9. The van der Waals surface area contributed by atoms with Gasteiger partial charge < -0.3 is 14.9 Å². The smallest absolute Gasteiger partial charge is 0.223 e. The second kappa shape index (κ2) is 8.77. The number of likely N-dealkylation sites (tertiary alicyclic amines) is 1. The van der Waals surface area contributed by atoms with Crippen LogP contribution in [-0.2, 0) is 4.79 Å². The van der Waals surface area contributed by atoms with Crippen molar-refractivity contribution in [2.45, 2.75) is 31.2 Å². The van der Waals surface area contributed by atoms with Gasteiger partial charge in [0.05, 0.1) is 0 Å². The van der Waals surface area contributed by atoms with Gasteiger partial charge >= 0.3 is 0 Å². The van der Waals surface area contributed by atoms with Gasteiger partial charge in [0.15, 0.2) is 0 Å². The highest BCUT2D eigenvalue weighted by molar-refractivity contribution is 6.31. The van der Waals surface area contributed by atoms with E-state index in [1.807, 2.05) is 42.3 Å². The van der Waals surface area contributed by atoms with Crippen molar-refractivity contribution >= 4 is 17.5 Å². The van der Waals surface area contributed by atoms with Gasteiger partial charge in [-0.3, -0.25) is 4.79 Å². The van der Waals surface area contributed by atoms with Crippen molar-refractivity contribution in [3.05, 3.63) is 64.7 Å². The summed E-state index contributed by atoms with van der Waals surface area (Å²) in [6, 6.07) is 15.0. The first kappa shape index (κ1) is 19.7. The van der Waals surface area contributed by atoms with Crippen LogP contribution in [0.2, 0.25) is 5.02 Å². The SMILES string of the molecule is CN1CCC(N(C)C(=O)CC(c2cccc(O)c2)c2ccccc2Cl)CC1. The summed E-state index contributed by atoms with van der Waals surface area (Å²) < 4.78 is 0. The molecular formula is C22H27ClN2O2. The number of hydrogen-bond acceptors (Lipinski definition) is 3. The van der Waals surface area contributed by atoms with Crippen LogP contribution in [0.25, 0.3) is 0 Å². The summed E-state index contributed by atoms with van der Waals surface area (Å²) in [5.41, 5.74) is 1.81. The zero-order valence-corrected chi connectivity index (χ0v) is 16.7. The summed E-state index contributed by atoms with van der Waals surface area (Å²) in [7, 11) is 4.03. The van der Waals surface area contributed by atoms with E-state index in [4.69, 9.17) is 11.6 Å². The minimum atomic E-state index is -0.188. The van der Waals surface area contributed by atoms with E-state index in [0.29, 0.717) is 11.4 Å². The molecule has 1 aliphatic rings. The minimum Gasteiger partial charge on any atom is -0.508 e. The molecule has 4 nitrogen and oxygen atoms in total. The average molecular weight is 387 g/mol. The van der Waals surface area contributed by atoms with Crippen molar-refractivity contribution in [3.63, 3.8) is 0 Å². The third kappa shape index (κ3) is 4.82. The van der Waals surface area contributed by atoms with Crippen molar-refractivity contribution in [1.82, 2.24) is 9.80 Å². The lowest BCUT2D eigenvalue weighted by atomic mass is 9.87. The summed E-state index contributed by atoms with van der Waals surface area (Å²) in [6.07, 6.45) is 2.33. The molecule has 0 spiro atoms. The Hall–Kier alpha value is -2.04. The van der Waals surface area contributed by atoms with Crippen LogP contribution in [-0.4, -0.2) is 54.0 Å². The second-order valence-electron chi connectivity index (χ2n) is 7.41. The molecule has 0 radical (unpaired) electrons. The average Bonchev–Trinajstić information content (AvgIpc) is 2.66. The molecule has 2 aromatic rings. The lowest BCUT2D eigenvalue weighted by Gasteiger charge is -2.35. The van der Waals surface area contributed by atoms with Crippen LogP contribution in [0.4, 0.5) is 0 Å². The van der Waals surface area contributed by atoms with Gasteiger partial charge in [-0.1, -0.05) is 41.9 Å². The number of phenols is 1. The minimum absolute atomic E-state index is 0.109. The van der Waals surface area contributed by atoms with E-state index in [0.717, 1.165) is 37.1 Å². The fourth-order valence-corrected chi connectivity index (χ4v) is 4.08. The van der Waals surface area contributed by atoms with E-state index < -0.39 is 0 Å². The highest BCUT2D eigenvalue weighted by atomic mass is 35.5. The second-order valence-corrected chi connectivity index (χ2v) is 7.82. The number of piperidine rings is 1. The summed E-state index contributed by atoms with van der Waals surface area (Å²) in [5.74, 6) is 0.116. The standard InChI is InChI=1S/C22H27ClN2O2/c1-24-12-10-17(11-13-24)25(2)22(27)15-20(16-6-5-7-18(26)14-16)19-8-3-4-9-21(19)23/h3-9,14,17,20,26H,10-13,15H2,1-2H3. The van der Waals surface area contributed by atoms with E-state index in [1.165, 1.54) is 0 Å². The molecule has 5 heteroatoms. The van der Waals surface area contributed by atoms with Crippen LogP contribution < -0.4 is 0 Å². The Kier molecular flexibility index (Phi) is 6.40. The van der Waals surface area contributed by atoms with E-state index in [9.17, 15) is 9.90 Å². The van der Waals surface area contributed by atoms with Gasteiger partial charge in [-0.2, -0.15) is 0 Å². The molecule has 3 rings (SSSR count). The summed E-state index contributed by atoms with van der Waals surface area (Å²) in [6.45, 7) is 2.03. The number of carbonyl (C=O) groups is 1. The molecule has 0 bridgehead atoms. The van der Waals surface area contributed by atoms with Crippen LogP contribution in [0.3, 0.4) is 0 Å². The van der Waals surface area contributed by atoms with E-state index >= 15 is 0 Å². The lowest BCUT2D eigenvalue weighted by Crippen LogP contribution is -2.44. The van der Waals surface area contributed by atoms with Crippen LogP contribution in [0, 0.1) is 0 Å². The Bertz CT molecular complexity index is 787. The molecule has 1 unspecified atom stereocenters. The molecule has 1 aliphatic heterocycles. The Morgan fingerprint density at radius 1 is 1.22 bits per heavy atom. The molecular weight excluding hydrogens is 360 g/mol. The topological polar surface area (TPSA) is 43.8 Å². The van der Waals surface area contributed by atoms with Crippen LogP contribution in [0.5, 0.6) is 5.75 Å². The number of carbonyl (C=O) groups excluding carboxylic acids is 1. The molecule has 1 fully saturated rings. The maximum Gasteiger partial charge on any atom is 0.223 e. The third-order valence-corrected chi connectivity index (χ3v) is 5.91. The van der Waals surface area contributed by atoms with Gasteiger partial charge in [0.1, 0.15) is 5.75 Å². The van der Waals surface area contributed by atoms with Gasteiger partial charge in [0.2, 0.25) is 5.91 Å². The predicted molar refractivity (Wildman–Crippen MR) is 109 cm³/mol. The monoisotopic (exact) mass is 386 g/mol. The molecule has 1 saturated heterocycles. The number of halogens is 1. The van der Waals surface area contributed by atoms with Gasteiger partial charge in [0, 0.05) is 30.5 Å². The summed E-state index contributed by atoms with van der Waals surface area (Å²) in [5, 5.41) is 10.6. The first-order chi connectivity index (χ1) is 13.0. The lowest BCUT2D eigenvalue weighted by molar-refractivity contribution is -0.133. The zero-order chi connectivity index (χ0) is 19.4. The van der Waals surface area contributed by atoms with Gasteiger partial charge in [-0.05, 0) is 62.3 Å². The Morgan fingerprint density at radius 3 is 2.59 bits per heavy atom. The Labute approximate surface area is 166 Å². The molecule has 1 N–H and O–H groups in total. The first-order valence-corrected chi connectivity index (χ1v) is 9.81. The number of rotatable bonds is 5. The molecule has 1 atom stereocenters. The van der Waals surface area contributed by atoms with Crippen molar-refractivity contribution in [2.24, 2.45) is 0 Å². The Balaban J connectivity index is 1.83. The van der Waals surface area contributed by atoms with Crippen molar-refractivity contribution in [3.8, 4) is 5.75 Å². The van der Waals surface area contributed by atoms with Gasteiger partial charge in [-0.25, -0.2) is 0 Å². The fourth-order valence-electron chi connectivity index (χ4n) is 3.81. The van der Waals surface area contributed by atoms with Crippen LogP contribution in [0.1, 0.15) is 36.3 Å². The molecule has 27 heavy (non-hydrogen) atoms. The van der Waals surface area contributed by atoms with Crippen molar-refractivity contribution in [2.75, 3.05) is 27.2 Å². The van der Waals surface area contributed by atoms with E-state index in [-0.39, 0.29) is 23.6 Å². The molecule has 144 valence electrons. The molecule has 0 aliphatic carbocycles. The molecule has 2 aromatic carbocycles. The highest BCUT2D eigenvalue weighted by Gasteiger charge is 2.27. The van der Waals surface area contributed by atoms with E-state index in [1.54, 1.807) is 18.2 Å². The third-order valence-electron chi connectivity index (χ3n) is 5.56. The number of aromatic hydroxyl groups is 1. The van der Waals surface area contributed by atoms with Crippen LogP contribution in [0.15, 0.2) is 48.5 Å². The highest BCUT2D eigenvalue weighted by Crippen LogP contribution is 2.35. The van der Waals surface area contributed by atoms with Crippen molar-refractivity contribution in [1.29, 1.82) is 0 Å².